The van der Waals surface area contributed by atoms with Gasteiger partial charge in [0.15, 0.2) is 8.32 Å². The summed E-state index contributed by atoms with van der Waals surface area (Å²) >= 11 is 0. The Morgan fingerprint density at radius 2 is 1.96 bits per heavy atom. The van der Waals surface area contributed by atoms with Crippen molar-refractivity contribution in [2.24, 2.45) is 0 Å². The lowest BCUT2D eigenvalue weighted by molar-refractivity contribution is -0.149. The van der Waals surface area contributed by atoms with Gasteiger partial charge in [-0.15, -0.1) is 0 Å². The molecule has 0 bridgehead atoms. The summed E-state index contributed by atoms with van der Waals surface area (Å²) in [5.41, 5.74) is 1.10. The number of rotatable bonds is 6. The Balaban J connectivity index is 2.08. The van der Waals surface area contributed by atoms with Crippen LogP contribution in [-0.4, -0.2) is 39.2 Å². The van der Waals surface area contributed by atoms with E-state index in [0.717, 1.165) is 5.56 Å². The summed E-state index contributed by atoms with van der Waals surface area (Å²) in [6, 6.07) is 9.95. The van der Waals surface area contributed by atoms with Gasteiger partial charge in [-0.05, 0) is 23.7 Å². The highest BCUT2D eigenvalue weighted by molar-refractivity contribution is 6.74. The van der Waals surface area contributed by atoms with Crippen LogP contribution >= 0.6 is 0 Å². The van der Waals surface area contributed by atoms with E-state index in [-0.39, 0.29) is 23.2 Å². The molecule has 1 fully saturated rings. The van der Waals surface area contributed by atoms with E-state index in [1.165, 1.54) is 6.92 Å². The lowest BCUT2D eigenvalue weighted by Gasteiger charge is -2.36. The predicted octanol–water partition coefficient (Wildman–Crippen LogP) is 4.34. The van der Waals surface area contributed by atoms with Crippen molar-refractivity contribution in [2.45, 2.75) is 77.0 Å². The van der Waals surface area contributed by atoms with Crippen molar-refractivity contribution in [3.05, 3.63) is 35.9 Å². The summed E-state index contributed by atoms with van der Waals surface area (Å²) in [6.07, 6.45) is -1.30. The van der Waals surface area contributed by atoms with Crippen LogP contribution in [0.15, 0.2) is 30.3 Å². The van der Waals surface area contributed by atoms with Gasteiger partial charge in [0.2, 0.25) is 0 Å². The molecule has 1 aromatic carbocycles. The SMILES string of the molecule is [2H]C1[C@@H](CO[Si](C)(C)C(C)(C)C)O[C@@H](Cc2ccccc2)[C@H]1OC(C)=O. The average Bonchev–Trinajstić information content (AvgIpc) is 2.81. The molecule has 140 valence electrons. The zero-order chi connectivity index (χ0) is 19.5. The maximum absolute atomic E-state index is 11.5. The lowest BCUT2D eigenvalue weighted by Crippen LogP contribution is -2.42. The zero-order valence-corrected chi connectivity index (χ0v) is 17.2. The van der Waals surface area contributed by atoms with Crippen LogP contribution in [0.5, 0.6) is 0 Å². The molecule has 1 unspecified atom stereocenters. The van der Waals surface area contributed by atoms with Crippen molar-refractivity contribution in [3.63, 3.8) is 0 Å². The molecule has 0 aromatic heterocycles. The minimum Gasteiger partial charge on any atom is -0.460 e. The van der Waals surface area contributed by atoms with Gasteiger partial charge in [-0.1, -0.05) is 51.1 Å². The third-order valence-corrected chi connectivity index (χ3v) is 9.62. The molecule has 0 spiro atoms. The van der Waals surface area contributed by atoms with E-state index in [1.54, 1.807) is 0 Å². The summed E-state index contributed by atoms with van der Waals surface area (Å²) in [6.45, 7) is 12.7. The summed E-state index contributed by atoms with van der Waals surface area (Å²) in [5.74, 6) is -0.375. The Hall–Kier alpha value is -1.17. The van der Waals surface area contributed by atoms with Crippen LogP contribution in [-0.2, 0) is 25.1 Å². The van der Waals surface area contributed by atoms with Gasteiger partial charge in [0.05, 0.1) is 18.8 Å². The molecular weight excluding hydrogens is 332 g/mol. The molecule has 2 rings (SSSR count). The van der Waals surface area contributed by atoms with Gasteiger partial charge in [-0.3, -0.25) is 4.79 Å². The topological polar surface area (TPSA) is 44.8 Å². The second-order valence-corrected chi connectivity index (χ2v) is 13.0. The number of carbonyl (C=O) groups excluding carboxylic acids is 1. The van der Waals surface area contributed by atoms with Crippen LogP contribution in [0.4, 0.5) is 0 Å². The maximum Gasteiger partial charge on any atom is 0.302 e. The fourth-order valence-electron chi connectivity index (χ4n) is 2.60. The maximum atomic E-state index is 11.5. The normalized spacial score (nSPS) is 27.8. The first-order valence-corrected chi connectivity index (χ1v) is 11.8. The molecule has 0 aliphatic carbocycles. The Kier molecular flexibility index (Phi) is 5.97. The fourth-order valence-corrected chi connectivity index (χ4v) is 3.62. The van der Waals surface area contributed by atoms with Crippen LogP contribution < -0.4 is 0 Å². The minimum atomic E-state index is -1.92. The molecule has 0 amide bonds. The Morgan fingerprint density at radius 1 is 1.32 bits per heavy atom. The average molecular weight is 366 g/mol. The third-order valence-electron chi connectivity index (χ3n) is 5.12. The molecule has 4 nitrogen and oxygen atoms in total. The number of hydrogen-bond donors (Lipinski definition) is 0. The molecule has 5 heteroatoms. The number of hydrogen-bond acceptors (Lipinski definition) is 4. The Morgan fingerprint density at radius 3 is 2.52 bits per heavy atom. The molecule has 0 N–H and O–H groups in total. The highest BCUT2D eigenvalue weighted by atomic mass is 28.4. The van der Waals surface area contributed by atoms with E-state index in [4.69, 9.17) is 15.3 Å². The highest BCUT2D eigenvalue weighted by Crippen LogP contribution is 2.37. The number of esters is 1. The number of ether oxygens (including phenoxy) is 2. The largest absolute Gasteiger partial charge is 0.460 e. The first-order valence-electron chi connectivity index (χ1n) is 9.52. The molecule has 0 radical (unpaired) electrons. The summed E-state index contributed by atoms with van der Waals surface area (Å²) in [5, 5.41) is 0.0991. The van der Waals surface area contributed by atoms with E-state index in [9.17, 15) is 4.79 Å². The smallest absolute Gasteiger partial charge is 0.302 e. The van der Waals surface area contributed by atoms with E-state index in [0.29, 0.717) is 13.0 Å². The van der Waals surface area contributed by atoms with Crippen molar-refractivity contribution in [1.29, 1.82) is 0 Å². The molecule has 4 atom stereocenters. The lowest BCUT2D eigenvalue weighted by atomic mass is 10.0. The first kappa shape index (κ1) is 18.6. The van der Waals surface area contributed by atoms with E-state index in [2.05, 4.69) is 33.9 Å². The van der Waals surface area contributed by atoms with Crippen molar-refractivity contribution in [1.82, 2.24) is 0 Å². The molecule has 1 aliphatic rings. The molecule has 1 aromatic rings. The number of benzene rings is 1. The quantitative estimate of drug-likeness (QED) is 0.556. The first-order chi connectivity index (χ1) is 12.0. The molecule has 1 heterocycles. The van der Waals surface area contributed by atoms with E-state index >= 15 is 0 Å². The van der Waals surface area contributed by atoms with E-state index in [1.807, 2.05) is 30.3 Å². The van der Waals surface area contributed by atoms with Gasteiger partial charge in [-0.2, -0.15) is 0 Å². The molecular formula is C20H32O4Si. The van der Waals surface area contributed by atoms with Gasteiger partial charge in [0.1, 0.15) is 6.10 Å². The van der Waals surface area contributed by atoms with Gasteiger partial charge in [0.25, 0.3) is 0 Å². The molecule has 1 saturated heterocycles. The molecule has 1 aliphatic heterocycles. The standard InChI is InChI=1S/C20H32O4Si/c1-15(21)23-19-13-17(14-22-25(5,6)20(2,3)4)24-18(19)12-16-10-8-7-9-11-16/h7-11,17-19H,12-14H2,1-6H3/t17-,18-,19-/m0/s1/i13D/t13?,17-,18-,19-. The van der Waals surface area contributed by atoms with Crippen molar-refractivity contribution in [3.8, 4) is 0 Å². The summed E-state index contributed by atoms with van der Waals surface area (Å²) in [7, 11) is -1.92. The highest BCUT2D eigenvalue weighted by Gasteiger charge is 2.41. The van der Waals surface area contributed by atoms with Crippen LogP contribution in [0.1, 0.15) is 41.0 Å². The minimum absolute atomic E-state index is 0.0991. The second-order valence-electron chi connectivity index (χ2n) is 8.24. The van der Waals surface area contributed by atoms with E-state index < -0.39 is 20.8 Å². The second kappa shape index (κ2) is 8.02. The Labute approximate surface area is 154 Å². The van der Waals surface area contributed by atoms with Gasteiger partial charge in [0, 0.05) is 21.1 Å². The van der Waals surface area contributed by atoms with Crippen LogP contribution in [0.2, 0.25) is 18.1 Å². The van der Waals surface area contributed by atoms with Crippen LogP contribution in [0, 0.1) is 0 Å². The fraction of sp³-hybridized carbons (Fsp3) is 0.650. The van der Waals surface area contributed by atoms with Crippen LogP contribution in [0.3, 0.4) is 0 Å². The number of carbonyl (C=O) groups is 1. The zero-order valence-electron chi connectivity index (χ0n) is 17.2. The van der Waals surface area contributed by atoms with Gasteiger partial charge >= 0.3 is 5.97 Å². The van der Waals surface area contributed by atoms with Crippen LogP contribution in [0.25, 0.3) is 0 Å². The predicted molar refractivity (Wildman–Crippen MR) is 102 cm³/mol. The van der Waals surface area contributed by atoms with Crippen molar-refractivity contribution in [2.75, 3.05) is 6.61 Å². The summed E-state index contributed by atoms with van der Waals surface area (Å²) in [4.78, 5) is 11.5. The monoisotopic (exact) mass is 365 g/mol. The van der Waals surface area contributed by atoms with Gasteiger partial charge in [-0.25, -0.2) is 0 Å². The summed E-state index contributed by atoms with van der Waals surface area (Å²) < 4.78 is 26.4. The van der Waals surface area contributed by atoms with Crippen molar-refractivity contribution < 1.29 is 20.1 Å². The molecule has 25 heavy (non-hydrogen) atoms. The van der Waals surface area contributed by atoms with Crippen molar-refractivity contribution >= 4 is 14.3 Å². The molecule has 0 saturated carbocycles. The Bertz CT molecular complexity index is 600. The third kappa shape index (κ3) is 5.66. The van der Waals surface area contributed by atoms with Gasteiger partial charge < -0.3 is 13.9 Å².